The molecule has 1 aromatic rings. The van der Waals surface area contributed by atoms with Gasteiger partial charge < -0.3 is 10.4 Å². The number of hydrogen-bond donors (Lipinski definition) is 2. The quantitative estimate of drug-likeness (QED) is 0.825. The molecule has 0 aliphatic carbocycles. The molecule has 2 rings (SSSR count). The van der Waals surface area contributed by atoms with E-state index in [-0.39, 0.29) is 12.5 Å². The maximum atomic E-state index is 12.4. The molecule has 1 atom stereocenters. The summed E-state index contributed by atoms with van der Waals surface area (Å²) >= 11 is 1.44. The molecule has 5 nitrogen and oxygen atoms in total. The zero-order valence-corrected chi connectivity index (χ0v) is 12.1. The van der Waals surface area contributed by atoms with Crippen molar-refractivity contribution in [2.75, 3.05) is 6.54 Å². The average molecular weight is 282 g/mol. The summed E-state index contributed by atoms with van der Waals surface area (Å²) in [5.74, 6) is -0.260. The molecule has 0 saturated carbocycles. The zero-order chi connectivity index (χ0) is 14.3. The largest absolute Gasteiger partial charge is 0.390 e. The number of carbonyl (C=O) groups excluding carboxylic acids is 2. The van der Waals surface area contributed by atoms with Gasteiger partial charge in [-0.1, -0.05) is 6.07 Å². The van der Waals surface area contributed by atoms with Crippen molar-refractivity contribution in [3.8, 4) is 0 Å². The third-order valence-electron chi connectivity index (χ3n) is 3.24. The van der Waals surface area contributed by atoms with E-state index in [2.05, 4.69) is 5.32 Å². The molecule has 0 spiro atoms. The second-order valence-corrected chi connectivity index (χ2v) is 6.50. The number of amides is 3. The molecule has 2 N–H and O–H groups in total. The molecule has 3 amide bonds. The number of rotatable bonds is 4. The molecular formula is C13H18N2O3S. The first kappa shape index (κ1) is 14.0. The molecule has 1 aromatic heterocycles. The molecule has 104 valence electrons. The molecule has 0 radical (unpaired) electrons. The van der Waals surface area contributed by atoms with Gasteiger partial charge in [-0.3, -0.25) is 9.69 Å². The fraction of sp³-hybridized carbons (Fsp3) is 0.538. The maximum absolute atomic E-state index is 12.4. The topological polar surface area (TPSA) is 69.6 Å². The van der Waals surface area contributed by atoms with Gasteiger partial charge in [0, 0.05) is 11.4 Å². The Labute approximate surface area is 116 Å². The summed E-state index contributed by atoms with van der Waals surface area (Å²) in [7, 11) is 0. The molecule has 1 unspecified atom stereocenters. The fourth-order valence-electron chi connectivity index (χ4n) is 2.02. The van der Waals surface area contributed by atoms with E-state index in [0.717, 1.165) is 4.88 Å². The van der Waals surface area contributed by atoms with Crippen LogP contribution in [0.15, 0.2) is 17.5 Å². The lowest BCUT2D eigenvalue weighted by Gasteiger charge is -2.22. The Morgan fingerprint density at radius 1 is 1.47 bits per heavy atom. The minimum atomic E-state index is -0.981. The number of thiophene rings is 1. The second kappa shape index (κ2) is 4.61. The fourth-order valence-corrected chi connectivity index (χ4v) is 2.85. The van der Waals surface area contributed by atoms with Crippen LogP contribution in [0.4, 0.5) is 4.79 Å². The van der Waals surface area contributed by atoms with E-state index in [1.807, 2.05) is 17.5 Å². The highest BCUT2D eigenvalue weighted by molar-refractivity contribution is 7.10. The Kier molecular flexibility index (Phi) is 3.40. The van der Waals surface area contributed by atoms with Crippen LogP contribution in [0.2, 0.25) is 0 Å². The smallest absolute Gasteiger partial charge is 0.325 e. The first-order valence-corrected chi connectivity index (χ1v) is 7.02. The lowest BCUT2D eigenvalue weighted by atomic mass is 10.00. The van der Waals surface area contributed by atoms with Crippen LogP contribution in [0.5, 0.6) is 0 Å². The van der Waals surface area contributed by atoms with Crippen LogP contribution in [-0.2, 0) is 10.3 Å². The number of urea groups is 1. The van der Waals surface area contributed by atoms with Crippen molar-refractivity contribution in [2.24, 2.45) is 0 Å². The summed E-state index contributed by atoms with van der Waals surface area (Å²) in [6.45, 7) is 5.24. The monoisotopic (exact) mass is 282 g/mol. The SMILES string of the molecule is CC(C)(O)CCN1C(=O)NC(C)(c2cccs2)C1=O. The molecule has 1 aliphatic heterocycles. The van der Waals surface area contributed by atoms with E-state index in [0.29, 0.717) is 6.42 Å². The van der Waals surface area contributed by atoms with Gasteiger partial charge in [0.1, 0.15) is 0 Å². The van der Waals surface area contributed by atoms with Crippen molar-refractivity contribution in [3.63, 3.8) is 0 Å². The van der Waals surface area contributed by atoms with Crippen molar-refractivity contribution < 1.29 is 14.7 Å². The molecule has 0 bridgehead atoms. The van der Waals surface area contributed by atoms with E-state index in [1.165, 1.54) is 16.2 Å². The lowest BCUT2D eigenvalue weighted by Crippen LogP contribution is -2.40. The van der Waals surface area contributed by atoms with E-state index >= 15 is 0 Å². The summed E-state index contributed by atoms with van der Waals surface area (Å²) in [6, 6.07) is 3.29. The normalized spacial score (nSPS) is 23.9. The van der Waals surface area contributed by atoms with E-state index in [9.17, 15) is 14.7 Å². The minimum absolute atomic E-state index is 0.217. The second-order valence-electron chi connectivity index (χ2n) is 5.55. The van der Waals surface area contributed by atoms with E-state index in [4.69, 9.17) is 0 Å². The number of carbonyl (C=O) groups is 2. The minimum Gasteiger partial charge on any atom is -0.390 e. The Bertz CT molecular complexity index is 492. The van der Waals surface area contributed by atoms with Crippen LogP contribution < -0.4 is 5.32 Å². The molecule has 6 heteroatoms. The summed E-state index contributed by atoms with van der Waals surface area (Å²) in [6.07, 6.45) is 0.354. The number of imide groups is 1. The van der Waals surface area contributed by atoms with Crippen LogP contribution in [0.3, 0.4) is 0 Å². The Balaban J connectivity index is 2.17. The lowest BCUT2D eigenvalue weighted by molar-refractivity contribution is -0.131. The van der Waals surface area contributed by atoms with Gasteiger partial charge in [-0.2, -0.15) is 0 Å². The van der Waals surface area contributed by atoms with Crippen LogP contribution in [0, 0.1) is 0 Å². The van der Waals surface area contributed by atoms with Gasteiger partial charge in [0.05, 0.1) is 5.60 Å². The average Bonchev–Trinajstić information content (AvgIpc) is 2.86. The molecule has 0 aromatic carbocycles. The first-order valence-electron chi connectivity index (χ1n) is 6.14. The van der Waals surface area contributed by atoms with Gasteiger partial charge in [0.2, 0.25) is 0 Å². The predicted octanol–water partition coefficient (Wildman–Crippen LogP) is 1.68. The summed E-state index contributed by atoms with van der Waals surface area (Å²) in [5.41, 5.74) is -1.88. The van der Waals surface area contributed by atoms with Crippen molar-refractivity contribution in [1.29, 1.82) is 0 Å². The van der Waals surface area contributed by atoms with E-state index < -0.39 is 17.2 Å². The number of aliphatic hydroxyl groups is 1. The molecule has 1 aliphatic rings. The number of nitrogens with zero attached hydrogens (tertiary/aromatic N) is 1. The van der Waals surface area contributed by atoms with Crippen molar-refractivity contribution in [1.82, 2.24) is 10.2 Å². The van der Waals surface area contributed by atoms with Gasteiger partial charge in [-0.05, 0) is 38.6 Å². The van der Waals surface area contributed by atoms with Crippen LogP contribution in [0.25, 0.3) is 0 Å². The highest BCUT2D eigenvalue weighted by Crippen LogP contribution is 2.32. The van der Waals surface area contributed by atoms with Gasteiger partial charge >= 0.3 is 6.03 Å². The predicted molar refractivity (Wildman–Crippen MR) is 72.8 cm³/mol. The van der Waals surface area contributed by atoms with Crippen molar-refractivity contribution in [2.45, 2.75) is 38.3 Å². The molecule has 1 fully saturated rings. The summed E-state index contributed by atoms with van der Waals surface area (Å²) in [4.78, 5) is 26.3. The molecular weight excluding hydrogens is 264 g/mol. The van der Waals surface area contributed by atoms with Crippen LogP contribution in [0.1, 0.15) is 32.1 Å². The van der Waals surface area contributed by atoms with Gasteiger partial charge in [-0.15, -0.1) is 11.3 Å². The number of hydrogen-bond acceptors (Lipinski definition) is 4. The van der Waals surface area contributed by atoms with Crippen LogP contribution in [-0.4, -0.2) is 34.1 Å². The van der Waals surface area contributed by atoms with Crippen LogP contribution >= 0.6 is 11.3 Å². The molecule has 19 heavy (non-hydrogen) atoms. The number of nitrogens with one attached hydrogen (secondary N) is 1. The summed E-state index contributed by atoms with van der Waals surface area (Å²) < 4.78 is 0. The van der Waals surface area contributed by atoms with Gasteiger partial charge in [-0.25, -0.2) is 4.79 Å². The highest BCUT2D eigenvalue weighted by Gasteiger charge is 2.49. The Morgan fingerprint density at radius 3 is 2.68 bits per heavy atom. The third kappa shape index (κ3) is 2.64. The Hall–Kier alpha value is -1.40. The maximum Gasteiger partial charge on any atom is 0.325 e. The van der Waals surface area contributed by atoms with Gasteiger partial charge in [0.15, 0.2) is 5.54 Å². The summed E-state index contributed by atoms with van der Waals surface area (Å²) in [5, 5.41) is 14.3. The molecule has 1 saturated heterocycles. The highest BCUT2D eigenvalue weighted by atomic mass is 32.1. The zero-order valence-electron chi connectivity index (χ0n) is 11.3. The standard InChI is InChI=1S/C13H18N2O3S/c1-12(2,18)6-7-15-10(16)13(3,14-11(15)17)9-5-4-8-19-9/h4-5,8,18H,6-7H2,1-3H3,(H,14,17). The molecule has 2 heterocycles. The Morgan fingerprint density at radius 2 is 2.16 bits per heavy atom. The third-order valence-corrected chi connectivity index (χ3v) is 4.33. The van der Waals surface area contributed by atoms with Gasteiger partial charge in [0.25, 0.3) is 5.91 Å². The van der Waals surface area contributed by atoms with Crippen molar-refractivity contribution in [3.05, 3.63) is 22.4 Å². The van der Waals surface area contributed by atoms with Crippen molar-refractivity contribution >= 4 is 23.3 Å². The first-order chi connectivity index (χ1) is 8.74. The van der Waals surface area contributed by atoms with E-state index in [1.54, 1.807) is 20.8 Å².